The SMILES string of the molecule is Nc1ccc(Nc2ccc(Cl)cc2F)c(F)c1. The van der Waals surface area contributed by atoms with Crippen LogP contribution in [0.15, 0.2) is 36.4 Å². The average Bonchev–Trinajstić information content (AvgIpc) is 2.25. The summed E-state index contributed by atoms with van der Waals surface area (Å²) < 4.78 is 26.9. The summed E-state index contributed by atoms with van der Waals surface area (Å²) in [4.78, 5) is 0. The van der Waals surface area contributed by atoms with E-state index in [1.807, 2.05) is 0 Å². The minimum absolute atomic E-state index is 0.151. The van der Waals surface area contributed by atoms with Crippen LogP contribution in [0.3, 0.4) is 0 Å². The van der Waals surface area contributed by atoms with Crippen molar-refractivity contribution in [1.82, 2.24) is 0 Å². The standard InChI is InChI=1S/C12H9ClF2N2/c13-7-1-3-11(9(14)5-7)17-12-4-2-8(16)6-10(12)15/h1-6,17H,16H2. The van der Waals surface area contributed by atoms with Crippen LogP contribution in [0.25, 0.3) is 0 Å². The van der Waals surface area contributed by atoms with E-state index in [0.29, 0.717) is 5.69 Å². The lowest BCUT2D eigenvalue weighted by Gasteiger charge is -2.09. The van der Waals surface area contributed by atoms with Crippen LogP contribution in [-0.2, 0) is 0 Å². The topological polar surface area (TPSA) is 38.0 Å². The Balaban J connectivity index is 2.31. The van der Waals surface area contributed by atoms with E-state index in [4.69, 9.17) is 17.3 Å². The third kappa shape index (κ3) is 2.65. The van der Waals surface area contributed by atoms with Crippen LogP contribution in [0.5, 0.6) is 0 Å². The van der Waals surface area contributed by atoms with Crippen LogP contribution < -0.4 is 11.1 Å². The van der Waals surface area contributed by atoms with Crippen molar-refractivity contribution in [1.29, 1.82) is 0 Å². The zero-order valence-electron chi connectivity index (χ0n) is 8.68. The van der Waals surface area contributed by atoms with E-state index >= 15 is 0 Å². The number of halogens is 3. The fourth-order valence-corrected chi connectivity index (χ4v) is 1.53. The molecule has 0 saturated carbocycles. The highest BCUT2D eigenvalue weighted by molar-refractivity contribution is 6.30. The van der Waals surface area contributed by atoms with E-state index in [9.17, 15) is 8.78 Å². The third-order valence-electron chi connectivity index (χ3n) is 2.19. The summed E-state index contributed by atoms with van der Waals surface area (Å²) in [5, 5.41) is 2.91. The number of hydrogen-bond donors (Lipinski definition) is 2. The number of hydrogen-bond acceptors (Lipinski definition) is 2. The molecule has 2 rings (SSSR count). The first kappa shape index (κ1) is 11.7. The van der Waals surface area contributed by atoms with Crippen LogP contribution in [0.4, 0.5) is 25.8 Å². The normalized spacial score (nSPS) is 10.3. The van der Waals surface area contributed by atoms with E-state index in [-0.39, 0.29) is 16.4 Å². The smallest absolute Gasteiger partial charge is 0.148 e. The van der Waals surface area contributed by atoms with Crippen molar-refractivity contribution in [3.8, 4) is 0 Å². The Hall–Kier alpha value is -1.81. The summed E-state index contributed by atoms with van der Waals surface area (Å²) in [6.07, 6.45) is 0. The Morgan fingerprint density at radius 2 is 1.53 bits per heavy atom. The summed E-state index contributed by atoms with van der Waals surface area (Å²) >= 11 is 5.61. The fraction of sp³-hybridized carbons (Fsp3) is 0. The molecule has 0 bridgehead atoms. The predicted octanol–water partition coefficient (Wildman–Crippen LogP) is 3.94. The molecule has 0 fully saturated rings. The van der Waals surface area contributed by atoms with Gasteiger partial charge in [-0.25, -0.2) is 8.78 Å². The maximum absolute atomic E-state index is 13.5. The predicted molar refractivity (Wildman–Crippen MR) is 65.5 cm³/mol. The fourth-order valence-electron chi connectivity index (χ4n) is 1.37. The molecule has 0 atom stereocenters. The van der Waals surface area contributed by atoms with Gasteiger partial charge in [-0.3, -0.25) is 0 Å². The molecule has 0 aliphatic rings. The van der Waals surface area contributed by atoms with Gasteiger partial charge in [0.1, 0.15) is 11.6 Å². The van der Waals surface area contributed by atoms with E-state index in [2.05, 4.69) is 5.32 Å². The first-order valence-corrected chi connectivity index (χ1v) is 5.21. The molecule has 0 spiro atoms. The Kier molecular flexibility index (Phi) is 3.15. The molecular weight excluding hydrogens is 246 g/mol. The molecule has 0 amide bonds. The van der Waals surface area contributed by atoms with Crippen LogP contribution in [0.1, 0.15) is 0 Å². The van der Waals surface area contributed by atoms with Crippen molar-refractivity contribution < 1.29 is 8.78 Å². The lowest BCUT2D eigenvalue weighted by molar-refractivity contribution is 0.626. The zero-order chi connectivity index (χ0) is 12.4. The van der Waals surface area contributed by atoms with E-state index < -0.39 is 11.6 Å². The van der Waals surface area contributed by atoms with Gasteiger partial charge < -0.3 is 11.1 Å². The molecule has 0 unspecified atom stereocenters. The molecule has 2 aromatic rings. The minimum atomic E-state index is -0.547. The van der Waals surface area contributed by atoms with Crippen molar-refractivity contribution in [2.24, 2.45) is 0 Å². The highest BCUT2D eigenvalue weighted by Gasteiger charge is 2.06. The molecule has 17 heavy (non-hydrogen) atoms. The minimum Gasteiger partial charge on any atom is -0.399 e. The van der Waals surface area contributed by atoms with Crippen LogP contribution >= 0.6 is 11.6 Å². The van der Waals surface area contributed by atoms with Gasteiger partial charge in [-0.1, -0.05) is 11.6 Å². The van der Waals surface area contributed by atoms with Crippen molar-refractivity contribution >= 4 is 28.7 Å². The summed E-state index contributed by atoms with van der Waals surface area (Å²) in [5.41, 5.74) is 6.03. The third-order valence-corrected chi connectivity index (χ3v) is 2.43. The second-order valence-electron chi connectivity index (χ2n) is 3.49. The van der Waals surface area contributed by atoms with E-state index in [1.54, 1.807) is 0 Å². The highest BCUT2D eigenvalue weighted by Crippen LogP contribution is 2.25. The molecule has 2 nitrogen and oxygen atoms in total. The van der Waals surface area contributed by atoms with Crippen molar-refractivity contribution in [2.45, 2.75) is 0 Å². The number of benzene rings is 2. The first-order valence-electron chi connectivity index (χ1n) is 4.83. The van der Waals surface area contributed by atoms with Crippen molar-refractivity contribution in [3.05, 3.63) is 53.1 Å². The zero-order valence-corrected chi connectivity index (χ0v) is 9.43. The number of nitrogens with one attached hydrogen (secondary N) is 1. The molecule has 88 valence electrons. The van der Waals surface area contributed by atoms with Crippen molar-refractivity contribution in [2.75, 3.05) is 11.1 Å². The second-order valence-corrected chi connectivity index (χ2v) is 3.92. The van der Waals surface area contributed by atoms with Crippen LogP contribution in [-0.4, -0.2) is 0 Å². The molecule has 0 aliphatic carbocycles. The Morgan fingerprint density at radius 1 is 0.941 bits per heavy atom. The molecular formula is C12H9ClF2N2. The van der Waals surface area contributed by atoms with Gasteiger partial charge in [0.15, 0.2) is 0 Å². The molecule has 0 heterocycles. The monoisotopic (exact) mass is 254 g/mol. The second kappa shape index (κ2) is 4.59. The Labute approximate surface area is 102 Å². The first-order chi connectivity index (χ1) is 8.06. The summed E-state index contributed by atoms with van der Waals surface area (Å²) in [6.45, 7) is 0. The lowest BCUT2D eigenvalue weighted by atomic mass is 10.2. The van der Waals surface area contributed by atoms with E-state index in [1.165, 1.54) is 24.3 Å². The van der Waals surface area contributed by atoms with Crippen molar-refractivity contribution in [3.63, 3.8) is 0 Å². The maximum Gasteiger partial charge on any atom is 0.148 e. The quantitative estimate of drug-likeness (QED) is 0.797. The molecule has 0 saturated heterocycles. The summed E-state index contributed by atoms with van der Waals surface area (Å²) in [7, 11) is 0. The number of nitrogen functional groups attached to an aromatic ring is 1. The van der Waals surface area contributed by atoms with Gasteiger partial charge in [-0.15, -0.1) is 0 Å². The van der Waals surface area contributed by atoms with Crippen LogP contribution in [0.2, 0.25) is 5.02 Å². The average molecular weight is 255 g/mol. The van der Waals surface area contributed by atoms with Gasteiger partial charge in [0.05, 0.1) is 11.4 Å². The number of rotatable bonds is 2. The van der Waals surface area contributed by atoms with Gasteiger partial charge in [0, 0.05) is 10.7 Å². The van der Waals surface area contributed by atoms with Gasteiger partial charge >= 0.3 is 0 Å². The van der Waals surface area contributed by atoms with Crippen LogP contribution in [0, 0.1) is 11.6 Å². The maximum atomic E-state index is 13.5. The highest BCUT2D eigenvalue weighted by atomic mass is 35.5. The lowest BCUT2D eigenvalue weighted by Crippen LogP contribution is -1.97. The molecule has 3 N–H and O–H groups in total. The van der Waals surface area contributed by atoms with Gasteiger partial charge in [-0.05, 0) is 36.4 Å². The Morgan fingerprint density at radius 3 is 2.12 bits per heavy atom. The van der Waals surface area contributed by atoms with Gasteiger partial charge in [0.2, 0.25) is 0 Å². The van der Waals surface area contributed by atoms with Gasteiger partial charge in [0.25, 0.3) is 0 Å². The van der Waals surface area contributed by atoms with E-state index in [0.717, 1.165) is 12.1 Å². The molecule has 5 heteroatoms. The molecule has 0 aliphatic heterocycles. The molecule has 2 aromatic carbocycles. The number of anilines is 3. The van der Waals surface area contributed by atoms with Gasteiger partial charge in [-0.2, -0.15) is 0 Å². The molecule has 0 radical (unpaired) electrons. The number of nitrogens with two attached hydrogens (primary N) is 1. The largest absolute Gasteiger partial charge is 0.399 e. The molecule has 0 aromatic heterocycles. The summed E-state index contributed by atoms with van der Waals surface area (Å²) in [6, 6.07) is 8.24. The Bertz CT molecular complexity index is 509. The summed E-state index contributed by atoms with van der Waals surface area (Å²) in [5.74, 6) is -1.09.